The van der Waals surface area contributed by atoms with Gasteiger partial charge in [-0.25, -0.2) is 0 Å². The van der Waals surface area contributed by atoms with E-state index >= 15 is 0 Å². The number of nitrogens with zero attached hydrogens (tertiary/aromatic N) is 1. The Bertz CT molecular complexity index is 269. The van der Waals surface area contributed by atoms with Crippen molar-refractivity contribution in [3.05, 3.63) is 0 Å². The maximum absolute atomic E-state index is 11.2. The molecule has 0 fully saturated rings. The van der Waals surface area contributed by atoms with Gasteiger partial charge in [-0.15, -0.1) is 0 Å². The van der Waals surface area contributed by atoms with Gasteiger partial charge in [0.2, 0.25) is 0 Å². The van der Waals surface area contributed by atoms with Crippen LogP contribution in [0.4, 0.5) is 0 Å². The monoisotopic (exact) mass is 213 g/mol. The fraction of sp³-hybridized carbons (Fsp3) is 0.700. The molecule has 0 aliphatic carbocycles. The predicted molar refractivity (Wildman–Crippen MR) is 51.5 cm³/mol. The number of ether oxygens (including phenoxy) is 2. The molecule has 0 aliphatic rings. The van der Waals surface area contributed by atoms with Crippen molar-refractivity contribution < 1.29 is 19.1 Å². The number of carbonyl (C=O) groups is 2. The minimum atomic E-state index is -0.561. The molecule has 84 valence electrons. The highest BCUT2D eigenvalue weighted by atomic mass is 16.5. The largest absolute Gasteiger partial charge is 0.469 e. The summed E-state index contributed by atoms with van der Waals surface area (Å²) >= 11 is 0. The van der Waals surface area contributed by atoms with Crippen molar-refractivity contribution in [1.82, 2.24) is 0 Å². The first-order valence-electron chi connectivity index (χ1n) is 4.59. The van der Waals surface area contributed by atoms with Crippen LogP contribution in [-0.2, 0) is 19.1 Å². The molecule has 2 atom stereocenters. The molecule has 1 unspecified atom stereocenters. The lowest BCUT2D eigenvalue weighted by molar-refractivity contribution is -0.149. The van der Waals surface area contributed by atoms with E-state index in [4.69, 9.17) is 5.26 Å². The molecular formula is C10H15NO4. The molecule has 15 heavy (non-hydrogen) atoms. The molecule has 0 aliphatic heterocycles. The summed E-state index contributed by atoms with van der Waals surface area (Å²) in [5, 5.41) is 8.52. The minimum Gasteiger partial charge on any atom is -0.469 e. The molecule has 0 rings (SSSR count). The standard InChI is InChI=1S/C10H15NO4/c1-7(9(12)14-2)6-8(4-5-11)10(13)15-3/h7-8H,4,6H2,1-3H3/t7-,8?/m0/s1. The third-order valence-corrected chi connectivity index (χ3v) is 2.11. The Morgan fingerprint density at radius 3 is 2.20 bits per heavy atom. The number of nitriles is 1. The van der Waals surface area contributed by atoms with Crippen molar-refractivity contribution in [1.29, 1.82) is 5.26 Å². The number of esters is 2. The number of carbonyl (C=O) groups excluding carboxylic acids is 2. The van der Waals surface area contributed by atoms with E-state index < -0.39 is 17.8 Å². The summed E-state index contributed by atoms with van der Waals surface area (Å²) in [5.74, 6) is -1.82. The Hall–Kier alpha value is -1.57. The van der Waals surface area contributed by atoms with Crippen molar-refractivity contribution in [2.45, 2.75) is 19.8 Å². The first kappa shape index (κ1) is 13.4. The minimum absolute atomic E-state index is 0.0496. The molecule has 5 nitrogen and oxygen atoms in total. The van der Waals surface area contributed by atoms with Crippen molar-refractivity contribution >= 4 is 11.9 Å². The van der Waals surface area contributed by atoms with Crippen LogP contribution in [-0.4, -0.2) is 26.2 Å². The number of hydrogen-bond acceptors (Lipinski definition) is 5. The third kappa shape index (κ3) is 4.45. The van der Waals surface area contributed by atoms with Gasteiger partial charge in [0.05, 0.1) is 32.1 Å². The van der Waals surface area contributed by atoms with Gasteiger partial charge in [-0.2, -0.15) is 5.26 Å². The molecule has 0 saturated carbocycles. The van der Waals surface area contributed by atoms with Crippen molar-refractivity contribution in [2.24, 2.45) is 11.8 Å². The molecule has 5 heteroatoms. The van der Waals surface area contributed by atoms with E-state index in [0.29, 0.717) is 0 Å². The van der Waals surface area contributed by atoms with Gasteiger partial charge in [0.1, 0.15) is 0 Å². The average Bonchev–Trinajstić information content (AvgIpc) is 2.26. The van der Waals surface area contributed by atoms with E-state index in [1.54, 1.807) is 6.92 Å². The molecular weight excluding hydrogens is 198 g/mol. The summed E-state index contributed by atoms with van der Waals surface area (Å²) in [6, 6.07) is 1.89. The molecule has 0 bridgehead atoms. The zero-order chi connectivity index (χ0) is 11.8. The SMILES string of the molecule is COC(=O)C(CC#N)C[C@H](C)C(=O)OC. The van der Waals surface area contributed by atoms with Crippen LogP contribution < -0.4 is 0 Å². The van der Waals surface area contributed by atoms with E-state index in [0.717, 1.165) is 0 Å². The van der Waals surface area contributed by atoms with Gasteiger partial charge >= 0.3 is 11.9 Å². The van der Waals surface area contributed by atoms with E-state index in [1.165, 1.54) is 14.2 Å². The molecule has 0 aromatic rings. The molecule has 0 amide bonds. The van der Waals surface area contributed by atoms with Crippen LogP contribution in [0.25, 0.3) is 0 Å². The lowest BCUT2D eigenvalue weighted by Gasteiger charge is -2.14. The lowest BCUT2D eigenvalue weighted by atomic mass is 9.93. The van der Waals surface area contributed by atoms with E-state index in [9.17, 15) is 9.59 Å². The summed E-state index contributed by atoms with van der Waals surface area (Å²) in [5.41, 5.74) is 0. The molecule has 0 radical (unpaired) electrons. The lowest BCUT2D eigenvalue weighted by Crippen LogP contribution is -2.23. The Balaban J connectivity index is 4.35. The summed E-state index contributed by atoms with van der Waals surface area (Å²) < 4.78 is 9.07. The summed E-state index contributed by atoms with van der Waals surface area (Å²) in [7, 11) is 2.55. The van der Waals surface area contributed by atoms with Gasteiger partial charge in [-0.05, 0) is 6.42 Å². The fourth-order valence-corrected chi connectivity index (χ4v) is 1.26. The molecule has 0 spiro atoms. The second-order valence-corrected chi connectivity index (χ2v) is 3.24. The van der Waals surface area contributed by atoms with Gasteiger partial charge in [-0.1, -0.05) is 6.92 Å². The topological polar surface area (TPSA) is 76.4 Å². The summed E-state index contributed by atoms with van der Waals surface area (Å²) in [4.78, 5) is 22.3. The fourth-order valence-electron chi connectivity index (χ4n) is 1.26. The number of rotatable bonds is 5. The van der Waals surface area contributed by atoms with Crippen LogP contribution in [0, 0.1) is 23.2 Å². The Labute approximate surface area is 89.0 Å². The van der Waals surface area contributed by atoms with Crippen molar-refractivity contribution in [3.63, 3.8) is 0 Å². The maximum atomic E-state index is 11.2. The van der Waals surface area contributed by atoms with Crippen LogP contribution in [0.1, 0.15) is 19.8 Å². The predicted octanol–water partition coefficient (Wildman–Crippen LogP) is 0.888. The molecule has 0 aromatic carbocycles. The third-order valence-electron chi connectivity index (χ3n) is 2.11. The average molecular weight is 213 g/mol. The van der Waals surface area contributed by atoms with E-state index in [1.807, 2.05) is 6.07 Å². The summed E-state index contributed by atoms with van der Waals surface area (Å²) in [6.45, 7) is 1.65. The van der Waals surface area contributed by atoms with E-state index in [-0.39, 0.29) is 18.8 Å². The zero-order valence-electron chi connectivity index (χ0n) is 9.15. The highest BCUT2D eigenvalue weighted by Crippen LogP contribution is 2.17. The van der Waals surface area contributed by atoms with Crippen LogP contribution >= 0.6 is 0 Å². The normalized spacial score (nSPS) is 13.5. The highest BCUT2D eigenvalue weighted by Gasteiger charge is 2.25. The van der Waals surface area contributed by atoms with Crippen LogP contribution in [0.3, 0.4) is 0 Å². The first-order valence-corrected chi connectivity index (χ1v) is 4.59. The second kappa shape index (κ2) is 6.82. The smallest absolute Gasteiger partial charge is 0.309 e. The first-order chi connectivity index (χ1) is 7.06. The molecule has 0 aromatic heterocycles. The number of hydrogen-bond donors (Lipinski definition) is 0. The van der Waals surface area contributed by atoms with Gasteiger partial charge in [0.15, 0.2) is 0 Å². The Kier molecular flexibility index (Phi) is 6.11. The molecule has 0 N–H and O–H groups in total. The highest BCUT2D eigenvalue weighted by molar-refractivity contribution is 5.75. The Morgan fingerprint density at radius 2 is 1.80 bits per heavy atom. The second-order valence-electron chi connectivity index (χ2n) is 3.24. The van der Waals surface area contributed by atoms with Gasteiger partial charge in [0, 0.05) is 6.42 Å². The van der Waals surface area contributed by atoms with Crippen molar-refractivity contribution in [2.75, 3.05) is 14.2 Å². The van der Waals surface area contributed by atoms with E-state index in [2.05, 4.69) is 9.47 Å². The van der Waals surface area contributed by atoms with Crippen LogP contribution in [0.5, 0.6) is 0 Å². The van der Waals surface area contributed by atoms with Crippen molar-refractivity contribution in [3.8, 4) is 6.07 Å². The van der Waals surface area contributed by atoms with Gasteiger partial charge in [-0.3, -0.25) is 9.59 Å². The van der Waals surface area contributed by atoms with Gasteiger partial charge in [0.25, 0.3) is 0 Å². The number of methoxy groups -OCH3 is 2. The van der Waals surface area contributed by atoms with Crippen LogP contribution in [0.15, 0.2) is 0 Å². The van der Waals surface area contributed by atoms with Gasteiger partial charge < -0.3 is 9.47 Å². The molecule has 0 saturated heterocycles. The van der Waals surface area contributed by atoms with Crippen LogP contribution in [0.2, 0.25) is 0 Å². The zero-order valence-corrected chi connectivity index (χ0v) is 9.15. The molecule has 0 heterocycles. The maximum Gasteiger partial charge on any atom is 0.309 e. The quantitative estimate of drug-likeness (QED) is 0.634. The summed E-state index contributed by atoms with van der Waals surface area (Å²) in [6.07, 6.45) is 0.320. The Morgan fingerprint density at radius 1 is 1.27 bits per heavy atom.